The molecule has 0 unspecified atom stereocenters. The van der Waals surface area contributed by atoms with Crippen molar-refractivity contribution in [2.45, 2.75) is 31.0 Å². The Morgan fingerprint density at radius 2 is 1.93 bits per heavy atom. The standard InChI is InChI=1S/C24H29FN2O3/c1-26-13-12-22(30-16-20(26)15-29-2)24(28)27-14-11-17-5-3-4-6-21(17)23(27)18-7-9-19(25)10-8-18/h3-10,20,22-23H,11-16H2,1-2H3/t20-,22+,23-/m0/s1. The molecule has 5 nitrogen and oxygen atoms in total. The molecule has 1 saturated heterocycles. The van der Waals surface area contributed by atoms with E-state index in [2.05, 4.69) is 17.0 Å². The van der Waals surface area contributed by atoms with Crippen LogP contribution in [-0.4, -0.2) is 68.3 Å². The fourth-order valence-corrected chi connectivity index (χ4v) is 4.50. The van der Waals surface area contributed by atoms with Gasteiger partial charge >= 0.3 is 0 Å². The summed E-state index contributed by atoms with van der Waals surface area (Å²) in [4.78, 5) is 17.7. The molecule has 1 amide bonds. The van der Waals surface area contributed by atoms with Gasteiger partial charge in [-0.3, -0.25) is 9.69 Å². The van der Waals surface area contributed by atoms with Crippen LogP contribution in [0.5, 0.6) is 0 Å². The molecule has 6 heteroatoms. The fraction of sp³-hybridized carbons (Fsp3) is 0.458. The molecule has 0 aliphatic carbocycles. The van der Waals surface area contributed by atoms with Crippen molar-refractivity contribution in [3.63, 3.8) is 0 Å². The largest absolute Gasteiger partial charge is 0.383 e. The Balaban J connectivity index is 1.61. The summed E-state index contributed by atoms with van der Waals surface area (Å²) in [5.74, 6) is -0.273. The third-order valence-corrected chi connectivity index (χ3v) is 6.24. The lowest BCUT2D eigenvalue weighted by molar-refractivity contribution is -0.146. The minimum atomic E-state index is -0.484. The first-order chi connectivity index (χ1) is 14.6. The lowest BCUT2D eigenvalue weighted by Gasteiger charge is -2.39. The van der Waals surface area contributed by atoms with E-state index in [0.717, 1.165) is 24.1 Å². The van der Waals surface area contributed by atoms with Gasteiger partial charge in [0.2, 0.25) is 0 Å². The summed E-state index contributed by atoms with van der Waals surface area (Å²) in [6.07, 6.45) is 0.963. The van der Waals surface area contributed by atoms with Gasteiger partial charge in [-0.1, -0.05) is 36.4 Å². The summed E-state index contributed by atoms with van der Waals surface area (Å²) in [5.41, 5.74) is 3.25. The summed E-state index contributed by atoms with van der Waals surface area (Å²) in [7, 11) is 3.72. The number of hydrogen-bond acceptors (Lipinski definition) is 4. The van der Waals surface area contributed by atoms with E-state index in [0.29, 0.717) is 26.2 Å². The molecule has 2 aromatic rings. The molecule has 0 radical (unpaired) electrons. The van der Waals surface area contributed by atoms with E-state index in [9.17, 15) is 9.18 Å². The van der Waals surface area contributed by atoms with E-state index in [4.69, 9.17) is 9.47 Å². The third-order valence-electron chi connectivity index (χ3n) is 6.24. The van der Waals surface area contributed by atoms with E-state index in [1.165, 1.54) is 17.7 Å². The average Bonchev–Trinajstić information content (AvgIpc) is 2.95. The second-order valence-corrected chi connectivity index (χ2v) is 8.13. The van der Waals surface area contributed by atoms with Crippen LogP contribution in [0.15, 0.2) is 48.5 Å². The van der Waals surface area contributed by atoms with Crippen molar-refractivity contribution in [1.29, 1.82) is 0 Å². The summed E-state index contributed by atoms with van der Waals surface area (Å²) >= 11 is 0. The van der Waals surface area contributed by atoms with Gasteiger partial charge in [-0.15, -0.1) is 0 Å². The number of benzene rings is 2. The number of nitrogens with zero attached hydrogens (tertiary/aromatic N) is 2. The SMILES string of the molecule is COC[C@H]1CO[C@@H](C(=O)N2CCc3ccccc3[C@@H]2c2ccc(F)cc2)CCN1C. The summed E-state index contributed by atoms with van der Waals surface area (Å²) in [5, 5.41) is 0. The molecule has 0 N–H and O–H groups in total. The number of halogens is 1. The molecule has 30 heavy (non-hydrogen) atoms. The van der Waals surface area contributed by atoms with Gasteiger partial charge in [0.25, 0.3) is 5.91 Å². The van der Waals surface area contributed by atoms with Crippen LogP contribution in [0.2, 0.25) is 0 Å². The van der Waals surface area contributed by atoms with Crippen LogP contribution in [0.25, 0.3) is 0 Å². The smallest absolute Gasteiger partial charge is 0.252 e. The zero-order chi connectivity index (χ0) is 21.1. The summed E-state index contributed by atoms with van der Waals surface area (Å²) < 4.78 is 24.9. The molecule has 4 rings (SSSR count). The van der Waals surface area contributed by atoms with Crippen LogP contribution in [0.4, 0.5) is 4.39 Å². The maximum absolute atomic E-state index is 13.6. The van der Waals surface area contributed by atoms with Crippen LogP contribution in [0.3, 0.4) is 0 Å². The lowest BCUT2D eigenvalue weighted by atomic mass is 9.87. The number of fused-ring (bicyclic) bond motifs is 1. The van der Waals surface area contributed by atoms with Crippen LogP contribution in [0, 0.1) is 5.82 Å². The molecule has 2 heterocycles. The monoisotopic (exact) mass is 412 g/mol. The van der Waals surface area contributed by atoms with Crippen molar-refractivity contribution in [1.82, 2.24) is 9.80 Å². The molecule has 1 fully saturated rings. The van der Waals surface area contributed by atoms with Gasteiger partial charge in [-0.25, -0.2) is 4.39 Å². The van der Waals surface area contributed by atoms with E-state index < -0.39 is 6.10 Å². The highest BCUT2D eigenvalue weighted by Gasteiger charge is 2.37. The van der Waals surface area contributed by atoms with E-state index in [-0.39, 0.29) is 23.8 Å². The van der Waals surface area contributed by atoms with Gasteiger partial charge in [0, 0.05) is 20.2 Å². The van der Waals surface area contributed by atoms with Gasteiger partial charge in [-0.2, -0.15) is 0 Å². The van der Waals surface area contributed by atoms with Crippen molar-refractivity contribution in [3.05, 3.63) is 71.0 Å². The van der Waals surface area contributed by atoms with Gasteiger partial charge < -0.3 is 14.4 Å². The second-order valence-electron chi connectivity index (χ2n) is 8.13. The van der Waals surface area contributed by atoms with Crippen LogP contribution in [-0.2, 0) is 20.7 Å². The zero-order valence-corrected chi connectivity index (χ0v) is 17.6. The summed E-state index contributed by atoms with van der Waals surface area (Å²) in [6, 6.07) is 14.6. The van der Waals surface area contributed by atoms with Crippen LogP contribution in [0.1, 0.15) is 29.2 Å². The highest BCUT2D eigenvalue weighted by Crippen LogP contribution is 2.36. The number of carbonyl (C=O) groups excluding carboxylic acids is 1. The minimum absolute atomic E-state index is 0.00490. The number of likely N-dealkylation sites (N-methyl/N-ethyl adjacent to an activating group) is 1. The van der Waals surface area contributed by atoms with Crippen molar-refractivity contribution in [2.75, 3.05) is 40.5 Å². The number of amides is 1. The van der Waals surface area contributed by atoms with Gasteiger partial charge in [0.05, 0.1) is 25.3 Å². The van der Waals surface area contributed by atoms with Crippen LogP contribution < -0.4 is 0 Å². The molecule has 0 spiro atoms. The molecule has 0 bridgehead atoms. The van der Waals surface area contributed by atoms with Crippen molar-refractivity contribution >= 4 is 5.91 Å². The topological polar surface area (TPSA) is 42.0 Å². The quantitative estimate of drug-likeness (QED) is 0.774. The van der Waals surface area contributed by atoms with Crippen molar-refractivity contribution in [3.8, 4) is 0 Å². The maximum Gasteiger partial charge on any atom is 0.252 e. The third kappa shape index (κ3) is 4.26. The second kappa shape index (κ2) is 9.25. The molecular weight excluding hydrogens is 383 g/mol. The Morgan fingerprint density at radius 1 is 1.17 bits per heavy atom. The Hall–Kier alpha value is -2.28. The molecule has 160 valence electrons. The Morgan fingerprint density at radius 3 is 2.70 bits per heavy atom. The predicted octanol–water partition coefficient (Wildman–Crippen LogP) is 3.04. The van der Waals surface area contributed by atoms with Gasteiger partial charge in [0.15, 0.2) is 0 Å². The first-order valence-electron chi connectivity index (χ1n) is 10.5. The Kier molecular flexibility index (Phi) is 6.46. The Bertz CT molecular complexity index is 873. The van der Waals surface area contributed by atoms with Crippen LogP contribution >= 0.6 is 0 Å². The molecule has 2 aliphatic heterocycles. The van der Waals surface area contributed by atoms with Crippen molar-refractivity contribution in [2.24, 2.45) is 0 Å². The summed E-state index contributed by atoms with van der Waals surface area (Å²) in [6.45, 7) is 2.43. The molecule has 2 aromatic carbocycles. The number of carbonyl (C=O) groups is 1. The highest BCUT2D eigenvalue weighted by molar-refractivity contribution is 5.82. The fourth-order valence-electron chi connectivity index (χ4n) is 4.50. The van der Waals surface area contributed by atoms with Gasteiger partial charge in [-0.05, 0) is 48.7 Å². The minimum Gasteiger partial charge on any atom is -0.383 e. The van der Waals surface area contributed by atoms with Crippen molar-refractivity contribution < 1.29 is 18.7 Å². The molecule has 3 atom stereocenters. The van der Waals surface area contributed by atoms with E-state index >= 15 is 0 Å². The number of methoxy groups -OCH3 is 1. The highest BCUT2D eigenvalue weighted by atomic mass is 19.1. The van der Waals surface area contributed by atoms with Gasteiger partial charge in [0.1, 0.15) is 11.9 Å². The van der Waals surface area contributed by atoms with E-state index in [1.807, 2.05) is 24.1 Å². The molecule has 0 aromatic heterocycles. The number of ether oxygens (including phenoxy) is 2. The first-order valence-corrected chi connectivity index (χ1v) is 10.5. The molecule has 2 aliphatic rings. The maximum atomic E-state index is 13.6. The normalized spacial score (nSPS) is 24.9. The zero-order valence-electron chi connectivity index (χ0n) is 17.6. The van der Waals surface area contributed by atoms with E-state index in [1.54, 1.807) is 19.2 Å². The molecular formula is C24H29FN2O3. The molecule has 0 saturated carbocycles. The lowest BCUT2D eigenvalue weighted by Crippen LogP contribution is -2.46. The number of hydrogen-bond donors (Lipinski definition) is 0. The first kappa shape index (κ1) is 21.0. The predicted molar refractivity (Wildman–Crippen MR) is 113 cm³/mol. The Labute approximate surface area is 177 Å². The average molecular weight is 413 g/mol. The number of rotatable bonds is 4.